The number of nitrogens with two attached hydrogens (primary N) is 1. The molecule has 3 rings (SSSR count). The largest absolute Gasteiger partial charge is 0.383 e. The van der Waals surface area contributed by atoms with Crippen LogP contribution in [0, 0.1) is 0 Å². The van der Waals surface area contributed by atoms with Gasteiger partial charge in [0.2, 0.25) is 0 Å². The summed E-state index contributed by atoms with van der Waals surface area (Å²) in [7, 11) is 0. The van der Waals surface area contributed by atoms with Crippen molar-refractivity contribution in [2.24, 2.45) is 0 Å². The van der Waals surface area contributed by atoms with Gasteiger partial charge in [-0.3, -0.25) is 0 Å². The van der Waals surface area contributed by atoms with Crippen LogP contribution in [0.15, 0.2) is 28.7 Å². The average molecular weight is 332 g/mol. The van der Waals surface area contributed by atoms with Crippen molar-refractivity contribution < 1.29 is 0 Å². The average Bonchev–Trinajstić information content (AvgIpc) is 2.64. The topological polar surface area (TPSA) is 51.8 Å². The molecule has 1 heterocycles. The fraction of sp³-hybridized carbons (Fsp3) is 0.375. The minimum absolute atomic E-state index is 0.682. The predicted octanol–water partition coefficient (Wildman–Crippen LogP) is 3.68. The molecule has 1 aliphatic rings. The first-order chi connectivity index (χ1) is 9.72. The molecule has 1 aliphatic carbocycles. The highest BCUT2D eigenvalue weighted by molar-refractivity contribution is 9.10. The zero-order valence-corrected chi connectivity index (χ0v) is 13.0. The van der Waals surface area contributed by atoms with Crippen molar-refractivity contribution in [3.8, 4) is 0 Å². The zero-order chi connectivity index (χ0) is 13.9. The number of benzene rings is 1. The van der Waals surface area contributed by atoms with Gasteiger partial charge in [0.05, 0.1) is 0 Å². The predicted molar refractivity (Wildman–Crippen MR) is 84.7 cm³/mol. The van der Waals surface area contributed by atoms with Crippen LogP contribution in [0.4, 0.5) is 5.82 Å². The van der Waals surface area contributed by atoms with Crippen LogP contribution in [-0.4, -0.2) is 9.97 Å². The molecule has 0 radical (unpaired) electrons. The van der Waals surface area contributed by atoms with Gasteiger partial charge in [-0.2, -0.15) is 0 Å². The summed E-state index contributed by atoms with van der Waals surface area (Å²) in [6, 6.07) is 8.25. The summed E-state index contributed by atoms with van der Waals surface area (Å²) < 4.78 is 1.08. The number of aryl methyl sites for hydroxylation is 1. The third-order valence-corrected chi connectivity index (χ3v) is 4.26. The Hall–Kier alpha value is -1.42. The van der Waals surface area contributed by atoms with Crippen LogP contribution in [0.25, 0.3) is 0 Å². The number of aromatic nitrogens is 2. The van der Waals surface area contributed by atoms with E-state index in [9.17, 15) is 0 Å². The monoisotopic (exact) mass is 331 g/mol. The van der Waals surface area contributed by atoms with Crippen LogP contribution in [0.3, 0.4) is 0 Å². The molecule has 3 nitrogen and oxygen atoms in total. The van der Waals surface area contributed by atoms with Crippen molar-refractivity contribution in [1.29, 1.82) is 0 Å². The highest BCUT2D eigenvalue weighted by Gasteiger charge is 2.15. The van der Waals surface area contributed by atoms with Crippen molar-refractivity contribution in [2.45, 2.75) is 38.5 Å². The highest BCUT2D eigenvalue weighted by Crippen LogP contribution is 2.24. The Morgan fingerprint density at radius 3 is 2.80 bits per heavy atom. The molecule has 0 aliphatic heterocycles. The van der Waals surface area contributed by atoms with Gasteiger partial charge in [0.1, 0.15) is 11.6 Å². The first-order valence-electron chi connectivity index (χ1n) is 7.11. The number of hydrogen-bond donors (Lipinski definition) is 1. The second-order valence-corrected chi connectivity index (χ2v) is 6.23. The van der Waals surface area contributed by atoms with Gasteiger partial charge >= 0.3 is 0 Å². The minimum atomic E-state index is 0.682. The van der Waals surface area contributed by atoms with Crippen molar-refractivity contribution in [1.82, 2.24) is 9.97 Å². The number of hydrogen-bond acceptors (Lipinski definition) is 3. The number of halogens is 1. The first-order valence-corrected chi connectivity index (χ1v) is 7.90. The minimum Gasteiger partial charge on any atom is -0.383 e. The van der Waals surface area contributed by atoms with Crippen molar-refractivity contribution in [2.75, 3.05) is 5.73 Å². The molecule has 0 fully saturated rings. The Kier molecular flexibility index (Phi) is 4.01. The van der Waals surface area contributed by atoms with E-state index in [1.165, 1.54) is 36.1 Å². The quantitative estimate of drug-likeness (QED) is 0.854. The Morgan fingerprint density at radius 1 is 1.10 bits per heavy atom. The van der Waals surface area contributed by atoms with E-state index in [2.05, 4.69) is 33.0 Å². The summed E-state index contributed by atoms with van der Waals surface area (Å²) >= 11 is 3.49. The molecule has 20 heavy (non-hydrogen) atoms. The van der Waals surface area contributed by atoms with Gasteiger partial charge in [0.25, 0.3) is 0 Å². The van der Waals surface area contributed by atoms with Crippen molar-refractivity contribution in [3.05, 3.63) is 51.4 Å². The Bertz CT molecular complexity index is 625. The van der Waals surface area contributed by atoms with Crippen molar-refractivity contribution >= 4 is 21.7 Å². The van der Waals surface area contributed by atoms with E-state index in [4.69, 9.17) is 10.7 Å². The summed E-state index contributed by atoms with van der Waals surface area (Å²) in [6.45, 7) is 0. The Morgan fingerprint density at radius 2 is 1.95 bits per heavy atom. The van der Waals surface area contributed by atoms with Gasteiger partial charge in [-0.25, -0.2) is 9.97 Å². The van der Waals surface area contributed by atoms with Gasteiger partial charge in [-0.05, 0) is 43.4 Å². The van der Waals surface area contributed by atoms with Gasteiger partial charge in [0, 0.05) is 22.2 Å². The number of anilines is 1. The van der Waals surface area contributed by atoms with Gasteiger partial charge in [-0.15, -0.1) is 0 Å². The molecule has 2 aromatic rings. The fourth-order valence-corrected chi connectivity index (χ4v) is 3.21. The third kappa shape index (κ3) is 3.01. The number of rotatable bonds is 2. The van der Waals surface area contributed by atoms with Gasteiger partial charge in [-0.1, -0.05) is 34.5 Å². The van der Waals surface area contributed by atoms with Crippen LogP contribution >= 0.6 is 15.9 Å². The Labute approximate surface area is 127 Å². The summed E-state index contributed by atoms with van der Waals surface area (Å²) in [5.41, 5.74) is 9.68. The van der Waals surface area contributed by atoms with E-state index < -0.39 is 0 Å². The Balaban J connectivity index is 1.91. The van der Waals surface area contributed by atoms with Crippen molar-refractivity contribution in [3.63, 3.8) is 0 Å². The number of fused-ring (bicyclic) bond motifs is 1. The lowest BCUT2D eigenvalue weighted by atomic mass is 10.1. The normalized spacial score (nSPS) is 14.7. The third-order valence-electron chi connectivity index (χ3n) is 3.76. The summed E-state index contributed by atoms with van der Waals surface area (Å²) in [5, 5.41) is 0. The zero-order valence-electron chi connectivity index (χ0n) is 11.4. The van der Waals surface area contributed by atoms with Crippen LogP contribution < -0.4 is 5.73 Å². The number of nitrogen functional groups attached to an aromatic ring is 1. The summed E-state index contributed by atoms with van der Waals surface area (Å²) in [4.78, 5) is 9.26. The summed E-state index contributed by atoms with van der Waals surface area (Å²) in [6.07, 6.45) is 6.46. The lowest BCUT2D eigenvalue weighted by Crippen LogP contribution is -2.09. The molecule has 1 aromatic carbocycles. The number of nitrogens with zero attached hydrogens (tertiary/aromatic N) is 2. The van der Waals surface area contributed by atoms with Gasteiger partial charge in [0.15, 0.2) is 0 Å². The molecule has 4 heteroatoms. The molecule has 104 valence electrons. The smallest absolute Gasteiger partial charge is 0.135 e. The fourth-order valence-electron chi connectivity index (χ4n) is 2.76. The molecule has 2 N–H and O–H groups in total. The van der Waals surface area contributed by atoms with E-state index in [-0.39, 0.29) is 0 Å². The standard InChI is InChI=1S/C16H18BrN3/c17-12-6-4-5-11(9-12)10-15-19-14-8-3-1-2-7-13(14)16(18)20-15/h4-6,9H,1-3,7-8,10H2,(H2,18,19,20). The van der Waals surface area contributed by atoms with Crippen LogP contribution in [0.1, 0.15) is 41.9 Å². The first kappa shape index (κ1) is 13.6. The molecule has 1 aromatic heterocycles. The van der Waals surface area contributed by atoms with E-state index in [1.54, 1.807) is 0 Å². The second-order valence-electron chi connectivity index (χ2n) is 5.32. The lowest BCUT2D eigenvalue weighted by Gasteiger charge is -2.10. The molecule has 0 saturated carbocycles. The van der Waals surface area contributed by atoms with E-state index in [1.807, 2.05) is 12.1 Å². The molecule has 0 atom stereocenters. The SMILES string of the molecule is Nc1nc(Cc2cccc(Br)c2)nc2c1CCCCC2. The maximum absolute atomic E-state index is 6.13. The molecule has 0 spiro atoms. The lowest BCUT2D eigenvalue weighted by molar-refractivity contribution is 0.708. The van der Waals surface area contributed by atoms with Crippen LogP contribution in [0.5, 0.6) is 0 Å². The van der Waals surface area contributed by atoms with E-state index in [0.717, 1.165) is 29.6 Å². The molecule has 0 saturated heterocycles. The van der Waals surface area contributed by atoms with Crippen LogP contribution in [-0.2, 0) is 19.3 Å². The maximum Gasteiger partial charge on any atom is 0.135 e. The molecular formula is C16H18BrN3. The van der Waals surface area contributed by atoms with Gasteiger partial charge < -0.3 is 5.73 Å². The molecule has 0 bridgehead atoms. The van der Waals surface area contributed by atoms with E-state index in [0.29, 0.717) is 5.82 Å². The van der Waals surface area contributed by atoms with Crippen LogP contribution in [0.2, 0.25) is 0 Å². The highest BCUT2D eigenvalue weighted by atomic mass is 79.9. The maximum atomic E-state index is 6.13. The summed E-state index contributed by atoms with van der Waals surface area (Å²) in [5.74, 6) is 1.52. The molecule has 0 amide bonds. The molecule has 0 unspecified atom stereocenters. The second kappa shape index (κ2) is 5.92. The molecular weight excluding hydrogens is 314 g/mol. The van der Waals surface area contributed by atoms with E-state index >= 15 is 0 Å².